The van der Waals surface area contributed by atoms with Crippen molar-refractivity contribution >= 4 is 0 Å². The maximum absolute atomic E-state index is 5.57. The van der Waals surface area contributed by atoms with E-state index in [1.54, 1.807) is 0 Å². The van der Waals surface area contributed by atoms with Crippen LogP contribution < -0.4 is 10.1 Å². The molecule has 0 saturated carbocycles. The molecule has 0 amide bonds. The predicted molar refractivity (Wildman–Crippen MR) is 76.3 cm³/mol. The summed E-state index contributed by atoms with van der Waals surface area (Å²) in [6.07, 6.45) is 3.79. The summed E-state index contributed by atoms with van der Waals surface area (Å²) >= 11 is 0. The highest BCUT2D eigenvalue weighted by Gasteiger charge is 2.17. The highest BCUT2D eigenvalue weighted by molar-refractivity contribution is 5.33. The van der Waals surface area contributed by atoms with Crippen molar-refractivity contribution in [2.24, 2.45) is 7.05 Å². The molecule has 0 aliphatic carbocycles. The number of imidazole rings is 1. The maximum Gasteiger partial charge on any atom is 0.130 e. The minimum Gasteiger partial charge on any atom is -0.494 e. The molecule has 1 N–H and O–H groups in total. The fraction of sp³-hybridized carbons (Fsp3) is 0.400. The van der Waals surface area contributed by atoms with Gasteiger partial charge in [-0.15, -0.1) is 0 Å². The number of rotatable bonds is 6. The van der Waals surface area contributed by atoms with Gasteiger partial charge in [-0.25, -0.2) is 4.98 Å². The Hall–Kier alpha value is -1.81. The number of hydrogen-bond acceptors (Lipinski definition) is 3. The summed E-state index contributed by atoms with van der Waals surface area (Å²) in [5.74, 6) is 1.91. The van der Waals surface area contributed by atoms with Gasteiger partial charge in [-0.1, -0.05) is 19.1 Å². The number of ether oxygens (including phenoxy) is 1. The SMILES string of the molecule is CCNC(c1cccc(OCC)c1)c1nccn1C. The first kappa shape index (κ1) is 13.6. The third-order valence-corrected chi connectivity index (χ3v) is 3.03. The molecule has 102 valence electrons. The first-order valence-electron chi connectivity index (χ1n) is 6.69. The molecule has 1 heterocycles. The molecule has 1 aromatic carbocycles. The molecule has 0 saturated heterocycles. The lowest BCUT2D eigenvalue weighted by Gasteiger charge is -2.19. The molecule has 0 spiro atoms. The molecule has 1 unspecified atom stereocenters. The fourth-order valence-corrected chi connectivity index (χ4v) is 2.17. The molecule has 1 aromatic heterocycles. The van der Waals surface area contributed by atoms with Crippen LogP contribution in [-0.4, -0.2) is 22.7 Å². The Morgan fingerprint density at radius 3 is 2.84 bits per heavy atom. The van der Waals surface area contributed by atoms with Crippen LogP contribution in [0.25, 0.3) is 0 Å². The zero-order chi connectivity index (χ0) is 13.7. The van der Waals surface area contributed by atoms with Crippen LogP contribution in [0.15, 0.2) is 36.7 Å². The second kappa shape index (κ2) is 6.38. The van der Waals surface area contributed by atoms with E-state index in [0.29, 0.717) is 6.61 Å². The Balaban J connectivity index is 2.33. The highest BCUT2D eigenvalue weighted by Crippen LogP contribution is 2.24. The standard InChI is InChI=1S/C15H21N3O/c1-4-16-14(15-17-9-10-18(15)3)12-7-6-8-13(11-12)19-5-2/h6-11,14,16H,4-5H2,1-3H3. The van der Waals surface area contributed by atoms with Crippen molar-refractivity contribution in [3.8, 4) is 5.75 Å². The van der Waals surface area contributed by atoms with E-state index in [2.05, 4.69) is 29.4 Å². The van der Waals surface area contributed by atoms with E-state index < -0.39 is 0 Å². The van der Waals surface area contributed by atoms with Crippen LogP contribution in [0.2, 0.25) is 0 Å². The van der Waals surface area contributed by atoms with Gasteiger partial charge in [0.1, 0.15) is 11.6 Å². The Kier molecular flexibility index (Phi) is 4.58. The summed E-state index contributed by atoms with van der Waals surface area (Å²) in [5.41, 5.74) is 1.17. The lowest BCUT2D eigenvalue weighted by molar-refractivity contribution is 0.339. The largest absolute Gasteiger partial charge is 0.494 e. The monoisotopic (exact) mass is 259 g/mol. The average molecular weight is 259 g/mol. The van der Waals surface area contributed by atoms with Crippen LogP contribution in [0.4, 0.5) is 0 Å². The summed E-state index contributed by atoms with van der Waals surface area (Å²) in [7, 11) is 2.01. The van der Waals surface area contributed by atoms with Gasteiger partial charge in [0, 0.05) is 19.4 Å². The number of hydrogen-bond donors (Lipinski definition) is 1. The van der Waals surface area contributed by atoms with Crippen molar-refractivity contribution in [3.63, 3.8) is 0 Å². The molecule has 0 aliphatic rings. The maximum atomic E-state index is 5.57. The molecule has 0 fully saturated rings. The Bertz CT molecular complexity index is 522. The fourth-order valence-electron chi connectivity index (χ4n) is 2.17. The van der Waals surface area contributed by atoms with E-state index in [4.69, 9.17) is 4.74 Å². The van der Waals surface area contributed by atoms with Gasteiger partial charge >= 0.3 is 0 Å². The lowest BCUT2D eigenvalue weighted by Crippen LogP contribution is -2.24. The van der Waals surface area contributed by atoms with Crippen LogP contribution in [0.5, 0.6) is 5.75 Å². The van der Waals surface area contributed by atoms with Gasteiger partial charge in [-0.3, -0.25) is 0 Å². The topological polar surface area (TPSA) is 39.1 Å². The number of aryl methyl sites for hydroxylation is 1. The first-order chi connectivity index (χ1) is 9.26. The van der Waals surface area contributed by atoms with E-state index in [9.17, 15) is 0 Å². The van der Waals surface area contributed by atoms with Crippen molar-refractivity contribution in [3.05, 3.63) is 48.0 Å². The van der Waals surface area contributed by atoms with E-state index in [-0.39, 0.29) is 6.04 Å². The van der Waals surface area contributed by atoms with Crippen molar-refractivity contribution in [2.45, 2.75) is 19.9 Å². The second-order valence-corrected chi connectivity index (χ2v) is 4.39. The smallest absolute Gasteiger partial charge is 0.130 e. The van der Waals surface area contributed by atoms with Crippen molar-refractivity contribution in [2.75, 3.05) is 13.2 Å². The average Bonchev–Trinajstić information content (AvgIpc) is 2.83. The summed E-state index contributed by atoms with van der Waals surface area (Å²) in [5, 5.41) is 3.47. The summed E-state index contributed by atoms with van der Waals surface area (Å²) in [6.45, 7) is 5.66. The molecule has 4 heteroatoms. The molecule has 0 aliphatic heterocycles. The number of aromatic nitrogens is 2. The summed E-state index contributed by atoms with van der Waals surface area (Å²) in [4.78, 5) is 4.45. The van der Waals surface area contributed by atoms with Gasteiger partial charge in [-0.05, 0) is 31.2 Å². The van der Waals surface area contributed by atoms with Gasteiger partial charge in [0.15, 0.2) is 0 Å². The molecular formula is C15H21N3O. The van der Waals surface area contributed by atoms with Crippen LogP contribution >= 0.6 is 0 Å². The highest BCUT2D eigenvalue weighted by atomic mass is 16.5. The molecule has 2 rings (SSSR count). The van der Waals surface area contributed by atoms with Crippen molar-refractivity contribution in [1.82, 2.24) is 14.9 Å². The number of nitrogens with zero attached hydrogens (tertiary/aromatic N) is 2. The van der Waals surface area contributed by atoms with Crippen molar-refractivity contribution < 1.29 is 4.74 Å². The Morgan fingerprint density at radius 1 is 1.37 bits per heavy atom. The van der Waals surface area contributed by atoms with Gasteiger partial charge in [-0.2, -0.15) is 0 Å². The summed E-state index contributed by atoms with van der Waals surface area (Å²) in [6, 6.07) is 8.27. The molecule has 0 bridgehead atoms. The summed E-state index contributed by atoms with van der Waals surface area (Å²) < 4.78 is 7.61. The normalized spacial score (nSPS) is 12.4. The zero-order valence-electron chi connectivity index (χ0n) is 11.8. The molecule has 19 heavy (non-hydrogen) atoms. The van der Waals surface area contributed by atoms with E-state index in [0.717, 1.165) is 18.1 Å². The second-order valence-electron chi connectivity index (χ2n) is 4.39. The zero-order valence-corrected chi connectivity index (χ0v) is 11.8. The minimum atomic E-state index is 0.0883. The van der Waals surface area contributed by atoms with Gasteiger partial charge in [0.25, 0.3) is 0 Å². The molecule has 0 radical (unpaired) electrons. The van der Waals surface area contributed by atoms with Gasteiger partial charge in [0.05, 0.1) is 12.6 Å². The van der Waals surface area contributed by atoms with E-state index in [1.807, 2.05) is 43.1 Å². The quantitative estimate of drug-likeness (QED) is 0.866. The molecule has 2 aromatic rings. The lowest BCUT2D eigenvalue weighted by atomic mass is 10.1. The molecular weight excluding hydrogens is 238 g/mol. The van der Waals surface area contributed by atoms with Crippen LogP contribution in [0.3, 0.4) is 0 Å². The number of nitrogens with one attached hydrogen (secondary N) is 1. The minimum absolute atomic E-state index is 0.0883. The van der Waals surface area contributed by atoms with Gasteiger partial charge in [0.2, 0.25) is 0 Å². The van der Waals surface area contributed by atoms with Gasteiger partial charge < -0.3 is 14.6 Å². The predicted octanol–water partition coefficient (Wildman–Crippen LogP) is 2.52. The molecule has 1 atom stereocenters. The van der Waals surface area contributed by atoms with Crippen molar-refractivity contribution in [1.29, 1.82) is 0 Å². The van der Waals surface area contributed by atoms with Crippen LogP contribution in [0, 0.1) is 0 Å². The first-order valence-corrected chi connectivity index (χ1v) is 6.69. The van der Waals surface area contributed by atoms with E-state index in [1.165, 1.54) is 5.56 Å². The molecule has 4 nitrogen and oxygen atoms in total. The van der Waals surface area contributed by atoms with Crippen LogP contribution in [0.1, 0.15) is 31.3 Å². The third-order valence-electron chi connectivity index (χ3n) is 3.03. The Morgan fingerprint density at radius 2 is 2.21 bits per heavy atom. The van der Waals surface area contributed by atoms with E-state index >= 15 is 0 Å². The number of benzene rings is 1. The van der Waals surface area contributed by atoms with Crippen LogP contribution in [-0.2, 0) is 7.05 Å². The third kappa shape index (κ3) is 3.15. The Labute approximate surface area is 114 Å².